The Kier molecular flexibility index (Phi) is 5.00. The second-order valence-corrected chi connectivity index (χ2v) is 5.24. The molecule has 100 valence electrons. The Bertz CT molecular complexity index is 367. The lowest BCUT2D eigenvalue weighted by atomic mass is 9.93. The second kappa shape index (κ2) is 6.74. The maximum atomic E-state index is 5.14. The first kappa shape index (κ1) is 13.3. The first-order chi connectivity index (χ1) is 8.79. The number of pyridine rings is 1. The van der Waals surface area contributed by atoms with Crippen molar-refractivity contribution in [2.45, 2.75) is 32.6 Å². The fourth-order valence-electron chi connectivity index (χ4n) is 2.78. The largest absolute Gasteiger partial charge is 0.385 e. The molecule has 1 unspecified atom stereocenters. The van der Waals surface area contributed by atoms with Gasteiger partial charge in [0, 0.05) is 44.4 Å². The fraction of sp³-hybridized carbons (Fsp3) is 0.667. The number of aromatic nitrogens is 1. The highest BCUT2D eigenvalue weighted by Crippen LogP contribution is 2.25. The molecule has 0 aromatic carbocycles. The number of hydrogen-bond acceptors (Lipinski definition) is 3. The Morgan fingerprint density at radius 2 is 2.39 bits per heavy atom. The van der Waals surface area contributed by atoms with E-state index in [-0.39, 0.29) is 0 Å². The Morgan fingerprint density at radius 1 is 1.50 bits per heavy atom. The maximum Gasteiger partial charge on any atom is 0.0462 e. The maximum absolute atomic E-state index is 5.14. The zero-order valence-electron chi connectivity index (χ0n) is 11.6. The molecule has 1 aliphatic heterocycles. The van der Waals surface area contributed by atoms with Crippen LogP contribution in [0, 0.1) is 12.8 Å². The van der Waals surface area contributed by atoms with E-state index in [0.717, 1.165) is 18.2 Å². The van der Waals surface area contributed by atoms with Gasteiger partial charge >= 0.3 is 0 Å². The minimum absolute atomic E-state index is 0.822. The molecule has 2 rings (SSSR count). The van der Waals surface area contributed by atoms with Crippen molar-refractivity contribution in [1.29, 1.82) is 0 Å². The van der Waals surface area contributed by atoms with Gasteiger partial charge in [-0.15, -0.1) is 0 Å². The Hall–Kier alpha value is -1.09. The number of aryl methyl sites for hydroxylation is 1. The summed E-state index contributed by atoms with van der Waals surface area (Å²) in [4.78, 5) is 6.78. The molecular weight excluding hydrogens is 224 g/mol. The third kappa shape index (κ3) is 3.70. The van der Waals surface area contributed by atoms with Crippen LogP contribution in [0.3, 0.4) is 0 Å². The quantitative estimate of drug-likeness (QED) is 0.749. The summed E-state index contributed by atoms with van der Waals surface area (Å²) in [5, 5.41) is 0. The van der Waals surface area contributed by atoms with E-state index in [2.05, 4.69) is 28.9 Å². The topological polar surface area (TPSA) is 25.4 Å². The Balaban J connectivity index is 1.90. The lowest BCUT2D eigenvalue weighted by molar-refractivity contribution is 0.184. The molecule has 0 radical (unpaired) electrons. The van der Waals surface area contributed by atoms with E-state index < -0.39 is 0 Å². The van der Waals surface area contributed by atoms with E-state index in [9.17, 15) is 0 Å². The van der Waals surface area contributed by atoms with Crippen molar-refractivity contribution >= 4 is 5.69 Å². The van der Waals surface area contributed by atoms with Crippen LogP contribution < -0.4 is 4.90 Å². The number of nitrogens with zero attached hydrogens (tertiary/aromatic N) is 2. The molecule has 1 aromatic rings. The van der Waals surface area contributed by atoms with E-state index in [1.165, 1.54) is 44.5 Å². The highest BCUT2D eigenvalue weighted by Gasteiger charge is 2.19. The predicted molar refractivity (Wildman–Crippen MR) is 75.0 cm³/mol. The van der Waals surface area contributed by atoms with E-state index in [1.54, 1.807) is 7.11 Å². The van der Waals surface area contributed by atoms with Crippen LogP contribution in [-0.4, -0.2) is 31.8 Å². The zero-order chi connectivity index (χ0) is 12.8. The Morgan fingerprint density at radius 3 is 3.17 bits per heavy atom. The second-order valence-electron chi connectivity index (χ2n) is 5.24. The molecule has 0 saturated carbocycles. The molecule has 1 fully saturated rings. The molecule has 1 atom stereocenters. The molecule has 1 aliphatic rings. The van der Waals surface area contributed by atoms with Gasteiger partial charge in [-0.05, 0) is 50.7 Å². The van der Waals surface area contributed by atoms with Crippen molar-refractivity contribution in [2.75, 3.05) is 31.7 Å². The molecule has 0 amide bonds. The minimum atomic E-state index is 0.822. The summed E-state index contributed by atoms with van der Waals surface area (Å²) >= 11 is 0. The normalized spacial score (nSPS) is 20.1. The van der Waals surface area contributed by atoms with Gasteiger partial charge < -0.3 is 9.64 Å². The number of ether oxygens (including phenoxy) is 1. The summed E-state index contributed by atoms with van der Waals surface area (Å²) < 4.78 is 5.14. The third-order valence-corrected chi connectivity index (χ3v) is 3.73. The molecule has 1 saturated heterocycles. The summed E-state index contributed by atoms with van der Waals surface area (Å²) in [6, 6.07) is 4.32. The van der Waals surface area contributed by atoms with Crippen LogP contribution >= 0.6 is 0 Å². The van der Waals surface area contributed by atoms with Gasteiger partial charge in [0.05, 0.1) is 0 Å². The van der Waals surface area contributed by atoms with E-state index in [1.807, 2.05) is 6.20 Å². The van der Waals surface area contributed by atoms with Crippen LogP contribution in [-0.2, 0) is 4.74 Å². The first-order valence-corrected chi connectivity index (χ1v) is 6.96. The van der Waals surface area contributed by atoms with Gasteiger partial charge in [-0.2, -0.15) is 0 Å². The number of methoxy groups -OCH3 is 1. The van der Waals surface area contributed by atoms with Crippen molar-refractivity contribution in [3.63, 3.8) is 0 Å². The van der Waals surface area contributed by atoms with Gasteiger partial charge in [-0.3, -0.25) is 4.98 Å². The van der Waals surface area contributed by atoms with Crippen molar-refractivity contribution < 1.29 is 4.74 Å². The Labute approximate surface area is 110 Å². The van der Waals surface area contributed by atoms with Crippen LogP contribution in [0.5, 0.6) is 0 Å². The first-order valence-electron chi connectivity index (χ1n) is 6.96. The number of hydrogen-bond donors (Lipinski definition) is 0. The van der Waals surface area contributed by atoms with Gasteiger partial charge in [0.25, 0.3) is 0 Å². The molecule has 3 heteroatoms. The molecule has 3 nitrogen and oxygen atoms in total. The summed E-state index contributed by atoms with van der Waals surface area (Å²) in [5.74, 6) is 0.822. The summed E-state index contributed by atoms with van der Waals surface area (Å²) in [7, 11) is 1.78. The molecule has 0 N–H and O–H groups in total. The van der Waals surface area contributed by atoms with Gasteiger partial charge in [0.1, 0.15) is 0 Å². The van der Waals surface area contributed by atoms with E-state index in [4.69, 9.17) is 4.74 Å². The van der Waals surface area contributed by atoms with Crippen molar-refractivity contribution in [3.8, 4) is 0 Å². The van der Waals surface area contributed by atoms with Crippen molar-refractivity contribution in [3.05, 3.63) is 24.0 Å². The number of anilines is 1. The zero-order valence-corrected chi connectivity index (χ0v) is 11.6. The standard InChI is InChI=1S/C15H24N2O/c1-13-11-15(7-8-16-13)17-9-3-5-14(12-17)6-4-10-18-2/h7-8,11,14H,3-6,9-10,12H2,1-2H3. The van der Waals surface area contributed by atoms with Gasteiger partial charge in [-0.25, -0.2) is 0 Å². The SMILES string of the molecule is COCCCC1CCCN(c2ccnc(C)c2)C1. The molecular formula is C15H24N2O. The van der Waals surface area contributed by atoms with Crippen LogP contribution in [0.1, 0.15) is 31.4 Å². The average Bonchev–Trinajstić information content (AvgIpc) is 2.39. The van der Waals surface area contributed by atoms with Crippen LogP contribution in [0.2, 0.25) is 0 Å². The van der Waals surface area contributed by atoms with Gasteiger partial charge in [0.15, 0.2) is 0 Å². The van der Waals surface area contributed by atoms with Crippen molar-refractivity contribution in [1.82, 2.24) is 4.98 Å². The van der Waals surface area contributed by atoms with Gasteiger partial charge in [-0.1, -0.05) is 0 Å². The number of piperidine rings is 1. The third-order valence-electron chi connectivity index (χ3n) is 3.73. The molecule has 1 aromatic heterocycles. The van der Waals surface area contributed by atoms with E-state index >= 15 is 0 Å². The highest BCUT2D eigenvalue weighted by molar-refractivity contribution is 5.46. The molecule has 2 heterocycles. The predicted octanol–water partition coefficient (Wildman–Crippen LogP) is 3.03. The lowest BCUT2D eigenvalue weighted by Gasteiger charge is -2.34. The van der Waals surface area contributed by atoms with Crippen molar-refractivity contribution in [2.24, 2.45) is 5.92 Å². The minimum Gasteiger partial charge on any atom is -0.385 e. The molecule has 0 aliphatic carbocycles. The molecule has 18 heavy (non-hydrogen) atoms. The fourth-order valence-corrected chi connectivity index (χ4v) is 2.78. The summed E-state index contributed by atoms with van der Waals surface area (Å²) in [6.45, 7) is 5.33. The summed E-state index contributed by atoms with van der Waals surface area (Å²) in [5.41, 5.74) is 2.44. The highest BCUT2D eigenvalue weighted by atomic mass is 16.5. The van der Waals surface area contributed by atoms with Crippen LogP contribution in [0.4, 0.5) is 5.69 Å². The van der Waals surface area contributed by atoms with Gasteiger partial charge in [0.2, 0.25) is 0 Å². The van der Waals surface area contributed by atoms with Crippen LogP contribution in [0.25, 0.3) is 0 Å². The average molecular weight is 248 g/mol. The monoisotopic (exact) mass is 248 g/mol. The van der Waals surface area contributed by atoms with Crippen LogP contribution in [0.15, 0.2) is 18.3 Å². The molecule has 0 bridgehead atoms. The number of rotatable bonds is 5. The van der Waals surface area contributed by atoms with E-state index in [0.29, 0.717) is 0 Å². The summed E-state index contributed by atoms with van der Waals surface area (Å²) in [6.07, 6.45) is 7.06. The lowest BCUT2D eigenvalue weighted by Crippen LogP contribution is -2.35. The molecule has 0 spiro atoms. The smallest absolute Gasteiger partial charge is 0.0462 e.